The third-order valence-corrected chi connectivity index (χ3v) is 2.56. The van der Waals surface area contributed by atoms with Crippen molar-refractivity contribution in [3.05, 3.63) is 29.7 Å². The normalized spacial score (nSPS) is 10.3. The molecular weight excluding hydrogens is 255 g/mol. The van der Waals surface area contributed by atoms with Gasteiger partial charge in [0.1, 0.15) is 11.5 Å². The molecule has 19 heavy (non-hydrogen) atoms. The van der Waals surface area contributed by atoms with Crippen molar-refractivity contribution in [2.75, 3.05) is 14.2 Å². The number of benzene rings is 1. The molecule has 0 aliphatic heterocycles. The van der Waals surface area contributed by atoms with Crippen LogP contribution in [0.25, 0.3) is 11.3 Å². The van der Waals surface area contributed by atoms with Crippen LogP contribution in [-0.2, 0) is 0 Å². The first kappa shape index (κ1) is 12.9. The first-order chi connectivity index (χ1) is 9.06. The maximum Gasteiger partial charge on any atom is 0.353 e. The van der Waals surface area contributed by atoms with Crippen LogP contribution >= 0.6 is 0 Å². The number of halogens is 1. The summed E-state index contributed by atoms with van der Waals surface area (Å²) in [5.74, 6) is -1.17. The molecule has 6 nitrogen and oxygen atoms in total. The van der Waals surface area contributed by atoms with E-state index >= 15 is 0 Å². The van der Waals surface area contributed by atoms with Crippen molar-refractivity contribution in [2.24, 2.45) is 0 Å². The Morgan fingerprint density at radius 3 is 2.42 bits per heavy atom. The number of aromatic amines is 1. The fraction of sp³-hybridized carbons (Fsp3) is 0.167. The smallest absolute Gasteiger partial charge is 0.353 e. The molecule has 2 aromatic rings. The van der Waals surface area contributed by atoms with E-state index in [4.69, 9.17) is 14.6 Å². The van der Waals surface area contributed by atoms with Crippen LogP contribution in [0.5, 0.6) is 11.5 Å². The van der Waals surface area contributed by atoms with Crippen LogP contribution in [0.4, 0.5) is 4.39 Å². The number of carboxylic acid groups (broad SMARTS) is 1. The maximum absolute atomic E-state index is 13.9. The van der Waals surface area contributed by atoms with Gasteiger partial charge in [0.25, 0.3) is 0 Å². The summed E-state index contributed by atoms with van der Waals surface area (Å²) in [6.45, 7) is 0. The van der Waals surface area contributed by atoms with E-state index in [2.05, 4.69) is 10.2 Å². The largest absolute Gasteiger partial charge is 0.493 e. The molecule has 2 N–H and O–H groups in total. The molecule has 0 aliphatic rings. The Bertz CT molecular complexity index is 624. The summed E-state index contributed by atoms with van der Waals surface area (Å²) in [5.41, 5.74) is 0.182. The Balaban J connectivity index is 2.51. The molecule has 0 spiro atoms. The summed E-state index contributed by atoms with van der Waals surface area (Å²) in [6.07, 6.45) is 0. The fourth-order valence-electron chi connectivity index (χ4n) is 1.62. The molecule has 0 fully saturated rings. The second-order valence-electron chi connectivity index (χ2n) is 3.66. The van der Waals surface area contributed by atoms with Gasteiger partial charge in [-0.15, -0.1) is 0 Å². The SMILES string of the molecule is COc1cc(F)c(-c2cc(C(=O)O)[nH]n2)cc1OC. The van der Waals surface area contributed by atoms with E-state index in [9.17, 15) is 9.18 Å². The quantitative estimate of drug-likeness (QED) is 0.883. The zero-order valence-electron chi connectivity index (χ0n) is 10.2. The van der Waals surface area contributed by atoms with Gasteiger partial charge in [-0.1, -0.05) is 0 Å². The number of aromatic nitrogens is 2. The first-order valence-electron chi connectivity index (χ1n) is 5.27. The summed E-state index contributed by atoms with van der Waals surface area (Å²) < 4.78 is 23.9. The predicted octanol–water partition coefficient (Wildman–Crippen LogP) is 1.93. The number of ether oxygens (including phenoxy) is 2. The summed E-state index contributed by atoms with van der Waals surface area (Å²) in [4.78, 5) is 10.7. The summed E-state index contributed by atoms with van der Waals surface area (Å²) in [5, 5.41) is 14.9. The van der Waals surface area contributed by atoms with E-state index < -0.39 is 11.8 Å². The zero-order valence-corrected chi connectivity index (χ0v) is 10.2. The van der Waals surface area contributed by atoms with Crippen molar-refractivity contribution in [3.8, 4) is 22.8 Å². The molecule has 0 saturated heterocycles. The highest BCUT2D eigenvalue weighted by Crippen LogP contribution is 2.34. The lowest BCUT2D eigenvalue weighted by Crippen LogP contribution is -1.95. The van der Waals surface area contributed by atoms with Crippen molar-refractivity contribution in [1.82, 2.24) is 10.2 Å². The van der Waals surface area contributed by atoms with Crippen molar-refractivity contribution in [2.45, 2.75) is 0 Å². The molecule has 100 valence electrons. The lowest BCUT2D eigenvalue weighted by molar-refractivity contribution is 0.0690. The van der Waals surface area contributed by atoms with Crippen molar-refractivity contribution in [3.63, 3.8) is 0 Å². The maximum atomic E-state index is 13.9. The molecule has 0 saturated carbocycles. The van der Waals surface area contributed by atoms with E-state index in [-0.39, 0.29) is 22.7 Å². The summed E-state index contributed by atoms with van der Waals surface area (Å²) in [6, 6.07) is 3.80. The minimum Gasteiger partial charge on any atom is -0.493 e. The number of rotatable bonds is 4. The highest BCUT2D eigenvalue weighted by molar-refractivity contribution is 5.87. The average molecular weight is 266 g/mol. The van der Waals surface area contributed by atoms with Crippen LogP contribution in [0.1, 0.15) is 10.5 Å². The molecule has 1 heterocycles. The minimum absolute atomic E-state index is 0.121. The van der Waals surface area contributed by atoms with Crippen LogP contribution in [0.15, 0.2) is 18.2 Å². The van der Waals surface area contributed by atoms with Gasteiger partial charge in [-0.25, -0.2) is 9.18 Å². The standard InChI is InChI=1S/C12H11FN2O4/c1-18-10-3-6(7(13)4-11(10)19-2)8-5-9(12(16)17)15-14-8/h3-5H,1-2H3,(H,14,15)(H,16,17). The van der Waals surface area contributed by atoms with E-state index in [1.165, 1.54) is 26.4 Å². The van der Waals surface area contributed by atoms with Crippen molar-refractivity contribution in [1.29, 1.82) is 0 Å². The van der Waals surface area contributed by atoms with E-state index in [1.807, 2.05) is 0 Å². The van der Waals surface area contributed by atoms with Crippen LogP contribution < -0.4 is 9.47 Å². The van der Waals surface area contributed by atoms with Gasteiger partial charge >= 0.3 is 5.97 Å². The summed E-state index contributed by atoms with van der Waals surface area (Å²) >= 11 is 0. The Morgan fingerprint density at radius 1 is 1.26 bits per heavy atom. The number of H-pyrrole nitrogens is 1. The van der Waals surface area contributed by atoms with Crippen LogP contribution in [-0.4, -0.2) is 35.5 Å². The first-order valence-corrected chi connectivity index (χ1v) is 5.27. The number of nitrogens with zero attached hydrogens (tertiary/aromatic N) is 1. The monoisotopic (exact) mass is 266 g/mol. The number of carbonyl (C=O) groups is 1. The molecule has 0 atom stereocenters. The molecule has 0 amide bonds. The number of nitrogens with one attached hydrogen (secondary N) is 1. The Kier molecular flexibility index (Phi) is 3.37. The molecule has 0 radical (unpaired) electrons. The van der Waals surface area contributed by atoms with Gasteiger partial charge in [0.05, 0.1) is 19.9 Å². The lowest BCUT2D eigenvalue weighted by Gasteiger charge is -2.09. The second kappa shape index (κ2) is 4.97. The molecule has 7 heteroatoms. The zero-order chi connectivity index (χ0) is 14.0. The Hall–Kier alpha value is -2.57. The van der Waals surface area contributed by atoms with Gasteiger partial charge in [0, 0.05) is 11.6 Å². The molecule has 1 aromatic carbocycles. The van der Waals surface area contributed by atoms with Gasteiger partial charge in [-0.3, -0.25) is 5.10 Å². The van der Waals surface area contributed by atoms with Gasteiger partial charge < -0.3 is 14.6 Å². The molecule has 0 bridgehead atoms. The van der Waals surface area contributed by atoms with Crippen molar-refractivity contribution < 1.29 is 23.8 Å². The van der Waals surface area contributed by atoms with Gasteiger partial charge in [0.2, 0.25) is 0 Å². The highest BCUT2D eigenvalue weighted by Gasteiger charge is 2.16. The third-order valence-electron chi connectivity index (χ3n) is 2.56. The van der Waals surface area contributed by atoms with Crippen LogP contribution in [0, 0.1) is 5.82 Å². The topological polar surface area (TPSA) is 84.4 Å². The molecular formula is C12H11FN2O4. The Labute approximate surface area is 107 Å². The third kappa shape index (κ3) is 2.35. The van der Waals surface area contributed by atoms with Crippen LogP contribution in [0.3, 0.4) is 0 Å². The Morgan fingerprint density at radius 2 is 1.89 bits per heavy atom. The number of carboxylic acids is 1. The summed E-state index contributed by atoms with van der Waals surface area (Å²) in [7, 11) is 2.82. The van der Waals surface area contributed by atoms with Crippen molar-refractivity contribution >= 4 is 5.97 Å². The fourth-order valence-corrected chi connectivity index (χ4v) is 1.62. The van der Waals surface area contributed by atoms with Gasteiger partial charge in [-0.05, 0) is 12.1 Å². The molecule has 2 rings (SSSR count). The minimum atomic E-state index is -1.17. The number of hydrogen-bond donors (Lipinski definition) is 2. The van der Waals surface area contributed by atoms with E-state index in [0.717, 1.165) is 6.07 Å². The molecule has 0 unspecified atom stereocenters. The molecule has 1 aromatic heterocycles. The van der Waals surface area contributed by atoms with Gasteiger partial charge in [0.15, 0.2) is 11.5 Å². The number of aromatic carboxylic acids is 1. The molecule has 0 aliphatic carbocycles. The van der Waals surface area contributed by atoms with Gasteiger partial charge in [-0.2, -0.15) is 5.10 Å². The van der Waals surface area contributed by atoms with E-state index in [1.54, 1.807) is 0 Å². The highest BCUT2D eigenvalue weighted by atomic mass is 19.1. The van der Waals surface area contributed by atoms with Crippen LogP contribution in [0.2, 0.25) is 0 Å². The van der Waals surface area contributed by atoms with E-state index in [0.29, 0.717) is 5.75 Å². The number of hydrogen-bond acceptors (Lipinski definition) is 4. The second-order valence-corrected chi connectivity index (χ2v) is 3.66. The lowest BCUT2D eigenvalue weighted by atomic mass is 10.1. The average Bonchev–Trinajstić information content (AvgIpc) is 2.87. The predicted molar refractivity (Wildman–Crippen MR) is 64.0 cm³/mol. The number of methoxy groups -OCH3 is 2.